The highest BCUT2D eigenvalue weighted by molar-refractivity contribution is 6.34. The van der Waals surface area contributed by atoms with Crippen LogP contribution in [0.3, 0.4) is 0 Å². The number of fused-ring (bicyclic) bond motifs is 1. The third-order valence-corrected chi connectivity index (χ3v) is 8.60. The van der Waals surface area contributed by atoms with E-state index in [-0.39, 0.29) is 17.1 Å². The number of ketones is 1. The maximum absolute atomic E-state index is 14.3. The minimum Gasteiger partial charge on any atom is -0.494 e. The van der Waals surface area contributed by atoms with Gasteiger partial charge in [-0.05, 0) is 29.5 Å². The molecule has 1 saturated carbocycles. The number of ether oxygens (including phenoxy) is 1. The van der Waals surface area contributed by atoms with Crippen molar-refractivity contribution in [2.75, 3.05) is 7.11 Å². The molecule has 1 unspecified atom stereocenters. The normalized spacial score (nSPS) is 14.7. The number of imidazole rings is 1. The molecule has 1 aliphatic carbocycles. The summed E-state index contributed by atoms with van der Waals surface area (Å²) in [6, 6.07) is 12.8. The van der Waals surface area contributed by atoms with Gasteiger partial charge in [0, 0.05) is 40.3 Å². The van der Waals surface area contributed by atoms with Gasteiger partial charge in [0.2, 0.25) is 0 Å². The molecule has 0 bridgehead atoms. The van der Waals surface area contributed by atoms with E-state index >= 15 is 0 Å². The van der Waals surface area contributed by atoms with Crippen LogP contribution in [0.1, 0.15) is 79.0 Å². The number of halogens is 2. The van der Waals surface area contributed by atoms with Gasteiger partial charge in [0.15, 0.2) is 17.3 Å². The summed E-state index contributed by atoms with van der Waals surface area (Å²) in [5, 5.41) is 10.6. The Morgan fingerprint density at radius 3 is 2.61 bits per heavy atom. The first-order valence-electron chi connectivity index (χ1n) is 14.2. The zero-order valence-corrected chi connectivity index (χ0v) is 24.1. The maximum Gasteiger partial charge on any atom is 0.336 e. The van der Waals surface area contributed by atoms with Gasteiger partial charge in [-0.25, -0.2) is 14.2 Å². The highest BCUT2D eigenvalue weighted by Gasteiger charge is 2.27. The van der Waals surface area contributed by atoms with Crippen molar-refractivity contribution >= 4 is 34.4 Å². The summed E-state index contributed by atoms with van der Waals surface area (Å²) in [6.07, 6.45) is 8.45. The van der Waals surface area contributed by atoms with Crippen LogP contribution in [0.2, 0.25) is 5.02 Å². The topological polar surface area (TPSA) is 92.3 Å². The van der Waals surface area contributed by atoms with Crippen molar-refractivity contribution in [2.45, 2.75) is 58.3 Å². The molecule has 0 spiro atoms. The quantitative estimate of drug-likeness (QED) is 0.184. The van der Waals surface area contributed by atoms with Crippen molar-refractivity contribution in [2.24, 2.45) is 11.8 Å². The summed E-state index contributed by atoms with van der Waals surface area (Å²) in [7, 11) is 1.38. The van der Waals surface area contributed by atoms with Gasteiger partial charge < -0.3 is 14.8 Å². The lowest BCUT2D eigenvalue weighted by Gasteiger charge is -2.30. The number of Topliss-reactive ketones (excluding diaryl/α,β-unsaturated/α-hetero) is 1. The number of H-pyrrole nitrogens is 1. The first kappa shape index (κ1) is 28.8. The molecule has 3 aromatic carbocycles. The number of methoxy groups -OCH3 is 1. The Kier molecular flexibility index (Phi) is 8.74. The molecule has 0 amide bonds. The van der Waals surface area contributed by atoms with Gasteiger partial charge >= 0.3 is 5.97 Å². The number of aromatic amines is 1. The van der Waals surface area contributed by atoms with Crippen LogP contribution in [0.15, 0.2) is 48.5 Å². The fourth-order valence-electron chi connectivity index (χ4n) is 6.24. The molecule has 4 aromatic rings. The molecule has 0 aliphatic heterocycles. The molecule has 1 aromatic heterocycles. The minimum absolute atomic E-state index is 0.0151. The van der Waals surface area contributed by atoms with Gasteiger partial charge in [0.05, 0.1) is 23.7 Å². The summed E-state index contributed by atoms with van der Waals surface area (Å²) < 4.78 is 19.4. The zero-order valence-electron chi connectivity index (χ0n) is 23.3. The van der Waals surface area contributed by atoms with Crippen molar-refractivity contribution in [3.8, 4) is 28.3 Å². The van der Waals surface area contributed by atoms with Gasteiger partial charge in [-0.15, -0.1) is 0 Å². The summed E-state index contributed by atoms with van der Waals surface area (Å²) in [5.41, 5.74) is 2.71. The minimum atomic E-state index is -1.16. The van der Waals surface area contributed by atoms with Crippen LogP contribution >= 0.6 is 11.6 Å². The van der Waals surface area contributed by atoms with Crippen LogP contribution in [-0.4, -0.2) is 33.9 Å². The number of hydrogen-bond donors (Lipinski definition) is 2. The molecule has 0 radical (unpaired) electrons. The number of aromatic carboxylic acids is 1. The Hall–Kier alpha value is -3.71. The molecule has 41 heavy (non-hydrogen) atoms. The molecule has 2 N–H and O–H groups in total. The number of carbonyl (C=O) groups is 2. The average Bonchev–Trinajstić information content (AvgIpc) is 3.39. The van der Waals surface area contributed by atoms with E-state index in [0.29, 0.717) is 62.4 Å². The molecule has 1 atom stereocenters. The summed E-state index contributed by atoms with van der Waals surface area (Å²) >= 11 is 6.67. The van der Waals surface area contributed by atoms with Crippen molar-refractivity contribution < 1.29 is 23.8 Å². The van der Waals surface area contributed by atoms with E-state index < -0.39 is 11.8 Å². The number of hydrogen-bond acceptors (Lipinski definition) is 4. The highest BCUT2D eigenvalue weighted by Crippen LogP contribution is 2.40. The lowest BCUT2D eigenvalue weighted by Crippen LogP contribution is -2.21. The summed E-state index contributed by atoms with van der Waals surface area (Å²) in [4.78, 5) is 33.7. The lowest BCUT2D eigenvalue weighted by atomic mass is 9.75. The fourth-order valence-corrected chi connectivity index (χ4v) is 6.52. The Morgan fingerprint density at radius 1 is 1.12 bits per heavy atom. The predicted molar refractivity (Wildman–Crippen MR) is 159 cm³/mol. The lowest BCUT2D eigenvalue weighted by molar-refractivity contribution is 0.0697. The molecule has 214 valence electrons. The van der Waals surface area contributed by atoms with Gasteiger partial charge in [-0.3, -0.25) is 4.79 Å². The van der Waals surface area contributed by atoms with Crippen LogP contribution in [-0.2, 0) is 0 Å². The average molecular weight is 577 g/mol. The number of carbonyl (C=O) groups excluding carboxylic acids is 1. The van der Waals surface area contributed by atoms with E-state index in [9.17, 15) is 19.1 Å². The van der Waals surface area contributed by atoms with E-state index in [2.05, 4.69) is 16.9 Å². The third-order valence-electron chi connectivity index (χ3n) is 8.29. The van der Waals surface area contributed by atoms with Crippen molar-refractivity contribution in [1.29, 1.82) is 0 Å². The molecule has 6 nitrogen and oxygen atoms in total. The molecule has 5 rings (SSSR count). The first-order valence-corrected chi connectivity index (χ1v) is 14.6. The number of nitrogens with one attached hydrogen (secondary N) is 1. The standard InChI is InChI=1S/C33H34ClFN2O4/c1-3-8-20(19-9-5-4-6-10-19)16-29(38)21-13-14-22(24(15-21)33(39)40)31-23(11-7-12-25(31)34)32-36-27-17-26(35)30(41-2)18-28(27)37-32/h7,11-15,17-20H,3-6,8-10,16H2,1-2H3,(H,36,37)(H,39,40). The van der Waals surface area contributed by atoms with Crippen LogP contribution in [0.5, 0.6) is 5.75 Å². The van der Waals surface area contributed by atoms with Crippen molar-refractivity contribution in [3.63, 3.8) is 0 Å². The Balaban J connectivity index is 1.53. The third kappa shape index (κ3) is 6.01. The largest absolute Gasteiger partial charge is 0.494 e. The van der Waals surface area contributed by atoms with Gasteiger partial charge in [-0.2, -0.15) is 0 Å². The number of carboxylic acid groups (broad SMARTS) is 1. The molecule has 1 aliphatic rings. The van der Waals surface area contributed by atoms with E-state index in [1.165, 1.54) is 44.6 Å². The SMILES string of the molecule is CCCC(CC(=O)c1ccc(-c2c(Cl)cccc2-c2nc3cc(OC)c(F)cc3[nH]2)c(C(=O)O)c1)C1CCCCC1. The maximum atomic E-state index is 14.3. The molecular formula is C33H34ClFN2O4. The summed E-state index contributed by atoms with van der Waals surface area (Å²) in [6.45, 7) is 2.15. The molecule has 1 heterocycles. The van der Waals surface area contributed by atoms with Crippen LogP contribution in [0, 0.1) is 17.7 Å². The van der Waals surface area contributed by atoms with E-state index in [0.717, 1.165) is 25.7 Å². The monoisotopic (exact) mass is 576 g/mol. The zero-order chi connectivity index (χ0) is 29.1. The van der Waals surface area contributed by atoms with Gasteiger partial charge in [-0.1, -0.05) is 87.7 Å². The molecular weight excluding hydrogens is 543 g/mol. The Labute approximate surface area is 243 Å². The number of aromatic nitrogens is 2. The number of benzene rings is 3. The van der Waals surface area contributed by atoms with E-state index in [4.69, 9.17) is 16.3 Å². The second-order valence-corrected chi connectivity index (χ2v) is 11.3. The first-order chi connectivity index (χ1) is 19.8. The number of carboxylic acids is 1. The van der Waals surface area contributed by atoms with Gasteiger partial charge in [0.1, 0.15) is 5.82 Å². The smallest absolute Gasteiger partial charge is 0.336 e. The second kappa shape index (κ2) is 12.4. The predicted octanol–water partition coefficient (Wildman–Crippen LogP) is 8.97. The number of rotatable bonds is 10. The van der Waals surface area contributed by atoms with Crippen LogP contribution in [0.25, 0.3) is 33.5 Å². The van der Waals surface area contributed by atoms with Crippen molar-refractivity contribution in [3.05, 3.63) is 70.5 Å². The van der Waals surface area contributed by atoms with E-state index in [1.54, 1.807) is 30.3 Å². The number of nitrogens with zero attached hydrogens (tertiary/aromatic N) is 1. The Morgan fingerprint density at radius 2 is 1.90 bits per heavy atom. The second-order valence-electron chi connectivity index (χ2n) is 10.9. The van der Waals surface area contributed by atoms with E-state index in [1.807, 2.05) is 0 Å². The fraction of sp³-hybridized carbons (Fsp3) is 0.364. The summed E-state index contributed by atoms with van der Waals surface area (Å²) in [5.74, 6) is -0.387. The molecule has 0 saturated heterocycles. The van der Waals surface area contributed by atoms with Gasteiger partial charge in [0.25, 0.3) is 0 Å². The molecule has 1 fully saturated rings. The van der Waals surface area contributed by atoms with Crippen LogP contribution in [0.4, 0.5) is 4.39 Å². The molecule has 8 heteroatoms. The van der Waals surface area contributed by atoms with Crippen molar-refractivity contribution in [1.82, 2.24) is 9.97 Å². The highest BCUT2D eigenvalue weighted by atomic mass is 35.5. The van der Waals surface area contributed by atoms with Crippen LogP contribution < -0.4 is 4.74 Å². The Bertz CT molecular complexity index is 1590.